The highest BCUT2D eigenvalue weighted by Crippen LogP contribution is 2.29. The van der Waals surface area contributed by atoms with Crippen LogP contribution in [0.25, 0.3) is 0 Å². The number of likely N-dealkylation sites (tertiary alicyclic amines) is 1. The fourth-order valence-corrected chi connectivity index (χ4v) is 5.54. The molecule has 0 unspecified atom stereocenters. The maximum Gasteiger partial charge on any atom is 0.354 e. The molecule has 2 aliphatic rings. The number of amides is 1. The van der Waals surface area contributed by atoms with E-state index in [2.05, 4.69) is 0 Å². The first-order chi connectivity index (χ1) is 12.9. The van der Waals surface area contributed by atoms with E-state index in [-0.39, 0.29) is 23.1 Å². The monoisotopic (exact) mass is 397 g/mol. The summed E-state index contributed by atoms with van der Waals surface area (Å²) in [6.07, 6.45) is 5.63. The van der Waals surface area contributed by atoms with E-state index in [1.54, 1.807) is 18.9 Å². The van der Waals surface area contributed by atoms with E-state index in [0.717, 1.165) is 19.3 Å². The van der Waals surface area contributed by atoms with Crippen molar-refractivity contribution in [1.29, 1.82) is 0 Å². The molecule has 0 spiro atoms. The maximum absolute atomic E-state index is 13.2. The number of carbonyl (C=O) groups is 2. The molecule has 0 aliphatic carbocycles. The number of nitrogens with zero attached hydrogens (tertiary/aromatic N) is 3. The van der Waals surface area contributed by atoms with Gasteiger partial charge < -0.3 is 14.2 Å². The summed E-state index contributed by atoms with van der Waals surface area (Å²) in [7, 11) is -2.26. The van der Waals surface area contributed by atoms with Gasteiger partial charge >= 0.3 is 5.97 Å². The van der Waals surface area contributed by atoms with Gasteiger partial charge in [-0.1, -0.05) is 0 Å². The van der Waals surface area contributed by atoms with Crippen LogP contribution in [0.3, 0.4) is 0 Å². The van der Waals surface area contributed by atoms with E-state index in [1.165, 1.54) is 21.1 Å². The van der Waals surface area contributed by atoms with Gasteiger partial charge in [-0.2, -0.15) is 4.31 Å². The van der Waals surface area contributed by atoms with Gasteiger partial charge in [0.15, 0.2) is 0 Å². The minimum absolute atomic E-state index is 0.0198. The molecule has 1 aromatic rings. The Hall–Kier alpha value is -1.87. The van der Waals surface area contributed by atoms with E-state index in [9.17, 15) is 18.0 Å². The zero-order chi connectivity index (χ0) is 19.6. The lowest BCUT2D eigenvalue weighted by molar-refractivity contribution is -0.135. The first-order valence-electron chi connectivity index (χ1n) is 9.50. The Morgan fingerprint density at radius 2 is 1.85 bits per heavy atom. The summed E-state index contributed by atoms with van der Waals surface area (Å²) in [5.41, 5.74) is 0.175. The van der Waals surface area contributed by atoms with Crippen molar-refractivity contribution in [3.63, 3.8) is 0 Å². The van der Waals surface area contributed by atoms with Crippen LogP contribution in [-0.4, -0.2) is 66.3 Å². The molecule has 1 atom stereocenters. The summed E-state index contributed by atoms with van der Waals surface area (Å²) in [6, 6.07) is 0.674. The minimum Gasteiger partial charge on any atom is -0.461 e. The molecule has 2 fully saturated rings. The van der Waals surface area contributed by atoms with Crippen LogP contribution in [0.15, 0.2) is 17.2 Å². The Bertz CT molecular complexity index is 811. The van der Waals surface area contributed by atoms with Gasteiger partial charge in [-0.25, -0.2) is 13.2 Å². The van der Waals surface area contributed by atoms with Crippen molar-refractivity contribution in [3.05, 3.63) is 18.0 Å². The number of sulfonamides is 1. The molecule has 150 valence electrons. The number of ether oxygens (including phenoxy) is 1. The molecule has 27 heavy (non-hydrogen) atoms. The van der Waals surface area contributed by atoms with Gasteiger partial charge in [-0.15, -0.1) is 0 Å². The van der Waals surface area contributed by atoms with Gasteiger partial charge in [0.2, 0.25) is 15.9 Å². The molecule has 1 amide bonds. The number of carbonyl (C=O) groups excluding carboxylic acids is 2. The van der Waals surface area contributed by atoms with Crippen LogP contribution in [0.5, 0.6) is 0 Å². The first kappa shape index (κ1) is 19.9. The number of hydrogen-bond donors (Lipinski definition) is 0. The lowest BCUT2D eigenvalue weighted by Crippen LogP contribution is -2.49. The standard InChI is InChI=1S/C18H27N3O5S/c1-3-26-18(23)16-12-14(13-19(16)2)27(24,25)21-11-7-8-15(21)17(22)20-9-5-4-6-10-20/h12-13,15H,3-11H2,1-2H3/t15-/m0/s1. The van der Waals surface area contributed by atoms with Crippen molar-refractivity contribution >= 4 is 21.9 Å². The summed E-state index contributed by atoms with van der Waals surface area (Å²) in [5, 5.41) is 0. The number of hydrogen-bond acceptors (Lipinski definition) is 5. The summed E-state index contributed by atoms with van der Waals surface area (Å²) >= 11 is 0. The Balaban J connectivity index is 1.84. The molecule has 9 heteroatoms. The van der Waals surface area contributed by atoms with Gasteiger partial charge in [0, 0.05) is 32.9 Å². The van der Waals surface area contributed by atoms with E-state index >= 15 is 0 Å². The van der Waals surface area contributed by atoms with Crippen LogP contribution in [0.4, 0.5) is 0 Å². The summed E-state index contributed by atoms with van der Waals surface area (Å²) < 4.78 is 34.1. The third kappa shape index (κ3) is 3.89. The normalized spacial score (nSPS) is 21.4. The average molecular weight is 397 g/mol. The Labute approximate surface area is 160 Å². The highest BCUT2D eigenvalue weighted by atomic mass is 32.2. The molecule has 0 saturated carbocycles. The predicted molar refractivity (Wildman–Crippen MR) is 98.7 cm³/mol. The smallest absolute Gasteiger partial charge is 0.354 e. The van der Waals surface area contributed by atoms with Crippen LogP contribution in [0.2, 0.25) is 0 Å². The fraction of sp³-hybridized carbons (Fsp3) is 0.667. The van der Waals surface area contributed by atoms with Gasteiger partial charge in [0.1, 0.15) is 16.6 Å². The number of rotatable bonds is 5. The molecule has 2 aliphatic heterocycles. The molecule has 3 heterocycles. The molecular formula is C18H27N3O5S. The average Bonchev–Trinajstić information content (AvgIpc) is 3.29. The molecule has 8 nitrogen and oxygen atoms in total. The van der Waals surface area contributed by atoms with Gasteiger partial charge in [-0.05, 0) is 45.1 Å². The fourth-order valence-electron chi connectivity index (χ4n) is 3.82. The van der Waals surface area contributed by atoms with Crippen molar-refractivity contribution in [3.8, 4) is 0 Å². The van der Waals surface area contributed by atoms with Gasteiger partial charge in [-0.3, -0.25) is 4.79 Å². The molecule has 0 bridgehead atoms. The molecular weight excluding hydrogens is 370 g/mol. The second-order valence-electron chi connectivity index (χ2n) is 7.05. The summed E-state index contributed by atoms with van der Waals surface area (Å²) in [6.45, 7) is 3.61. The number of aromatic nitrogens is 1. The zero-order valence-corrected chi connectivity index (χ0v) is 16.7. The molecule has 1 aromatic heterocycles. The van der Waals surface area contributed by atoms with E-state index in [0.29, 0.717) is 32.5 Å². The lowest BCUT2D eigenvalue weighted by Gasteiger charge is -2.32. The van der Waals surface area contributed by atoms with Gasteiger partial charge in [0.25, 0.3) is 0 Å². The largest absolute Gasteiger partial charge is 0.461 e. The van der Waals surface area contributed by atoms with Crippen LogP contribution in [0.1, 0.15) is 49.5 Å². The highest BCUT2D eigenvalue weighted by molar-refractivity contribution is 7.89. The summed E-state index contributed by atoms with van der Waals surface area (Å²) in [5.74, 6) is -0.666. The van der Waals surface area contributed by atoms with Crippen LogP contribution in [-0.2, 0) is 26.6 Å². The molecule has 0 radical (unpaired) electrons. The van der Waals surface area contributed by atoms with Crippen molar-refractivity contribution in [1.82, 2.24) is 13.8 Å². The summed E-state index contributed by atoms with van der Waals surface area (Å²) in [4.78, 5) is 26.7. The Morgan fingerprint density at radius 3 is 2.52 bits per heavy atom. The van der Waals surface area contributed by atoms with Crippen molar-refractivity contribution in [2.45, 2.75) is 50.0 Å². The SMILES string of the molecule is CCOC(=O)c1cc(S(=O)(=O)N2CCC[C@H]2C(=O)N2CCCCC2)cn1C. The van der Waals surface area contributed by atoms with Crippen molar-refractivity contribution in [2.24, 2.45) is 7.05 Å². The van der Waals surface area contributed by atoms with E-state index < -0.39 is 22.0 Å². The highest BCUT2D eigenvalue weighted by Gasteiger charge is 2.42. The van der Waals surface area contributed by atoms with Crippen molar-refractivity contribution < 1.29 is 22.7 Å². The second-order valence-corrected chi connectivity index (χ2v) is 8.94. The predicted octanol–water partition coefficient (Wildman–Crippen LogP) is 1.37. The van der Waals surface area contributed by atoms with Crippen LogP contribution < -0.4 is 0 Å². The number of esters is 1. The molecule has 0 aromatic carbocycles. The molecule has 3 rings (SSSR count). The lowest BCUT2D eigenvalue weighted by atomic mass is 10.1. The van der Waals surface area contributed by atoms with Crippen LogP contribution >= 0.6 is 0 Å². The minimum atomic E-state index is -3.86. The molecule has 0 N–H and O–H groups in total. The van der Waals surface area contributed by atoms with Crippen LogP contribution in [0, 0.1) is 0 Å². The third-order valence-electron chi connectivity index (χ3n) is 5.23. The number of aryl methyl sites for hydroxylation is 1. The Kier molecular flexibility index (Phi) is 5.90. The molecule has 2 saturated heterocycles. The second kappa shape index (κ2) is 8.02. The van der Waals surface area contributed by atoms with Gasteiger partial charge in [0.05, 0.1) is 6.61 Å². The Morgan fingerprint density at radius 1 is 1.15 bits per heavy atom. The van der Waals surface area contributed by atoms with E-state index in [1.807, 2.05) is 0 Å². The topological polar surface area (TPSA) is 88.9 Å². The quantitative estimate of drug-likeness (QED) is 0.700. The van der Waals surface area contributed by atoms with E-state index in [4.69, 9.17) is 4.74 Å². The maximum atomic E-state index is 13.2. The first-order valence-corrected chi connectivity index (χ1v) is 10.9. The third-order valence-corrected chi connectivity index (χ3v) is 7.10. The zero-order valence-electron chi connectivity index (χ0n) is 15.9. The van der Waals surface area contributed by atoms with Crippen molar-refractivity contribution in [2.75, 3.05) is 26.2 Å². The number of piperidine rings is 1.